The topological polar surface area (TPSA) is 57.9 Å². The van der Waals surface area contributed by atoms with Crippen molar-refractivity contribution in [2.75, 3.05) is 51.8 Å². The quantitative estimate of drug-likeness (QED) is 0.899. The molecule has 0 unspecified atom stereocenters. The smallest absolute Gasteiger partial charge is 0.160 e. The Morgan fingerprint density at radius 2 is 1.88 bits per heavy atom. The second-order valence-electron chi connectivity index (χ2n) is 7.42. The number of aryl methyl sites for hydroxylation is 3. The third-order valence-electron chi connectivity index (χ3n) is 5.58. The Hall–Kier alpha value is -1.70. The highest BCUT2D eigenvalue weighted by molar-refractivity contribution is 5.56. The molecule has 2 fully saturated rings. The first-order chi connectivity index (χ1) is 12.0. The van der Waals surface area contributed by atoms with Gasteiger partial charge in [-0.25, -0.2) is 4.98 Å². The van der Waals surface area contributed by atoms with Gasteiger partial charge in [-0.2, -0.15) is 9.61 Å². The maximum atomic E-state index is 5.83. The Labute approximate surface area is 149 Å². The second kappa shape index (κ2) is 6.55. The molecule has 136 valence electrons. The van der Waals surface area contributed by atoms with Crippen LogP contribution in [0.1, 0.15) is 17.0 Å². The Morgan fingerprint density at radius 3 is 2.64 bits per heavy atom. The molecule has 2 saturated heterocycles. The number of aromatic nitrogens is 3. The van der Waals surface area contributed by atoms with Crippen LogP contribution in [0.15, 0.2) is 6.07 Å². The van der Waals surface area contributed by atoms with E-state index in [1.54, 1.807) is 0 Å². The zero-order valence-electron chi connectivity index (χ0n) is 15.6. The summed E-state index contributed by atoms with van der Waals surface area (Å²) < 4.78 is 7.77. The maximum Gasteiger partial charge on any atom is 0.160 e. The van der Waals surface area contributed by atoms with Gasteiger partial charge in [0.05, 0.1) is 31.0 Å². The van der Waals surface area contributed by atoms with Crippen molar-refractivity contribution in [3.05, 3.63) is 23.0 Å². The Kier molecular flexibility index (Phi) is 4.39. The molecule has 0 spiro atoms. The molecule has 4 heterocycles. The minimum absolute atomic E-state index is 0.276. The number of nitrogens with zero attached hydrogens (tertiary/aromatic N) is 5. The molecule has 1 N–H and O–H groups in total. The van der Waals surface area contributed by atoms with E-state index < -0.39 is 0 Å². The van der Waals surface area contributed by atoms with Crippen molar-refractivity contribution < 1.29 is 4.74 Å². The highest BCUT2D eigenvalue weighted by atomic mass is 16.5. The zero-order chi connectivity index (χ0) is 17.6. The summed E-state index contributed by atoms with van der Waals surface area (Å²) in [6.07, 6.45) is 0. The number of hydrogen-bond acceptors (Lipinski definition) is 6. The van der Waals surface area contributed by atoms with Crippen LogP contribution in [0, 0.1) is 20.8 Å². The van der Waals surface area contributed by atoms with E-state index in [1.807, 2.05) is 18.4 Å². The van der Waals surface area contributed by atoms with Gasteiger partial charge in [-0.15, -0.1) is 0 Å². The Bertz CT molecular complexity index is 765. The summed E-state index contributed by atoms with van der Waals surface area (Å²) in [5.74, 6) is 1.01. The SMILES string of the molecule is Cc1cc(N[C@@H]2COC[C@H]2N2CCN(C)CC2)n2nc(C)c(C)c2n1. The molecule has 7 nitrogen and oxygen atoms in total. The molecule has 0 aromatic carbocycles. The van der Waals surface area contributed by atoms with E-state index in [0.717, 1.165) is 67.8 Å². The highest BCUT2D eigenvalue weighted by Crippen LogP contribution is 2.22. The minimum Gasteiger partial charge on any atom is -0.378 e. The van der Waals surface area contributed by atoms with Crippen molar-refractivity contribution in [1.29, 1.82) is 0 Å². The summed E-state index contributed by atoms with van der Waals surface area (Å²) in [5, 5.41) is 8.38. The van der Waals surface area contributed by atoms with Gasteiger partial charge in [0.25, 0.3) is 0 Å². The number of hydrogen-bond donors (Lipinski definition) is 1. The van der Waals surface area contributed by atoms with E-state index in [4.69, 9.17) is 4.74 Å². The molecule has 0 aliphatic carbocycles. The van der Waals surface area contributed by atoms with E-state index in [0.29, 0.717) is 6.04 Å². The molecule has 0 amide bonds. The number of ether oxygens (including phenoxy) is 1. The van der Waals surface area contributed by atoms with Gasteiger partial charge in [-0.3, -0.25) is 4.90 Å². The van der Waals surface area contributed by atoms with Gasteiger partial charge >= 0.3 is 0 Å². The third-order valence-corrected chi connectivity index (χ3v) is 5.58. The number of rotatable bonds is 3. The molecule has 25 heavy (non-hydrogen) atoms. The predicted molar refractivity (Wildman–Crippen MR) is 98.3 cm³/mol. The van der Waals surface area contributed by atoms with Gasteiger partial charge in [0.15, 0.2) is 5.65 Å². The molecule has 2 aliphatic rings. The molecular formula is C18H28N6O. The van der Waals surface area contributed by atoms with Crippen LogP contribution < -0.4 is 5.32 Å². The van der Waals surface area contributed by atoms with E-state index in [2.05, 4.69) is 45.2 Å². The van der Waals surface area contributed by atoms with Crippen molar-refractivity contribution in [1.82, 2.24) is 24.4 Å². The van der Waals surface area contributed by atoms with Crippen LogP contribution in [0.5, 0.6) is 0 Å². The molecule has 4 rings (SSSR count). The lowest BCUT2D eigenvalue weighted by Crippen LogP contribution is -2.54. The predicted octanol–water partition coefficient (Wildman–Crippen LogP) is 1.08. The first kappa shape index (κ1) is 16.8. The number of nitrogens with one attached hydrogen (secondary N) is 1. The van der Waals surface area contributed by atoms with Crippen LogP contribution in [0.3, 0.4) is 0 Å². The number of anilines is 1. The molecule has 2 atom stereocenters. The minimum atomic E-state index is 0.276. The maximum absolute atomic E-state index is 5.83. The van der Waals surface area contributed by atoms with Crippen molar-refractivity contribution in [3.8, 4) is 0 Å². The lowest BCUT2D eigenvalue weighted by molar-refractivity contribution is 0.0948. The van der Waals surface area contributed by atoms with Gasteiger partial charge in [-0.05, 0) is 27.8 Å². The first-order valence-corrected chi connectivity index (χ1v) is 9.13. The van der Waals surface area contributed by atoms with Crippen LogP contribution in [-0.2, 0) is 4.74 Å². The molecular weight excluding hydrogens is 316 g/mol. The summed E-state index contributed by atoms with van der Waals surface area (Å²) in [7, 11) is 2.19. The Morgan fingerprint density at radius 1 is 1.12 bits per heavy atom. The lowest BCUT2D eigenvalue weighted by Gasteiger charge is -2.38. The molecule has 7 heteroatoms. The molecule has 0 radical (unpaired) electrons. The number of likely N-dealkylation sites (N-methyl/N-ethyl adjacent to an activating group) is 1. The van der Waals surface area contributed by atoms with Crippen molar-refractivity contribution >= 4 is 11.5 Å². The number of piperazine rings is 1. The molecule has 0 saturated carbocycles. The van der Waals surface area contributed by atoms with Gasteiger partial charge < -0.3 is 15.0 Å². The summed E-state index contributed by atoms with van der Waals surface area (Å²) in [5.41, 5.74) is 4.12. The first-order valence-electron chi connectivity index (χ1n) is 9.13. The fraction of sp³-hybridized carbons (Fsp3) is 0.667. The van der Waals surface area contributed by atoms with Crippen molar-refractivity contribution in [2.24, 2.45) is 0 Å². The molecule has 2 aromatic heterocycles. The van der Waals surface area contributed by atoms with E-state index in [1.165, 1.54) is 0 Å². The van der Waals surface area contributed by atoms with Crippen LogP contribution in [-0.4, -0.2) is 82.9 Å². The van der Waals surface area contributed by atoms with Gasteiger partial charge in [0.1, 0.15) is 5.82 Å². The summed E-state index contributed by atoms with van der Waals surface area (Å²) in [4.78, 5) is 9.62. The third kappa shape index (κ3) is 3.12. The zero-order valence-corrected chi connectivity index (χ0v) is 15.6. The second-order valence-corrected chi connectivity index (χ2v) is 7.42. The summed E-state index contributed by atoms with van der Waals surface area (Å²) >= 11 is 0. The largest absolute Gasteiger partial charge is 0.378 e. The normalized spacial score (nSPS) is 25.8. The standard InChI is InChI=1S/C18H28N6O/c1-12-9-17(24-18(19-12)13(2)14(3)21-24)20-15-10-25-11-16(15)23-7-5-22(4)6-8-23/h9,15-16,20H,5-8,10-11H2,1-4H3/t15-,16-/m1/s1. The van der Waals surface area contributed by atoms with E-state index >= 15 is 0 Å². The van der Waals surface area contributed by atoms with Gasteiger partial charge in [0.2, 0.25) is 0 Å². The monoisotopic (exact) mass is 344 g/mol. The van der Waals surface area contributed by atoms with Crippen LogP contribution >= 0.6 is 0 Å². The average Bonchev–Trinajstić information content (AvgIpc) is 3.15. The highest BCUT2D eigenvalue weighted by Gasteiger charge is 2.34. The van der Waals surface area contributed by atoms with Crippen LogP contribution in [0.25, 0.3) is 5.65 Å². The molecule has 2 aromatic rings. The van der Waals surface area contributed by atoms with Gasteiger partial charge in [-0.1, -0.05) is 0 Å². The molecule has 0 bridgehead atoms. The number of fused-ring (bicyclic) bond motifs is 1. The van der Waals surface area contributed by atoms with Crippen molar-refractivity contribution in [2.45, 2.75) is 32.9 Å². The summed E-state index contributed by atoms with van der Waals surface area (Å²) in [6.45, 7) is 12.1. The lowest BCUT2D eigenvalue weighted by atomic mass is 10.1. The fourth-order valence-electron chi connectivity index (χ4n) is 3.84. The molecule has 2 aliphatic heterocycles. The Balaban J connectivity index is 1.59. The van der Waals surface area contributed by atoms with E-state index in [9.17, 15) is 0 Å². The van der Waals surface area contributed by atoms with Crippen LogP contribution in [0.4, 0.5) is 5.82 Å². The van der Waals surface area contributed by atoms with Crippen molar-refractivity contribution in [3.63, 3.8) is 0 Å². The van der Waals surface area contributed by atoms with Gasteiger partial charge in [0, 0.05) is 43.5 Å². The van der Waals surface area contributed by atoms with E-state index in [-0.39, 0.29) is 6.04 Å². The average molecular weight is 344 g/mol. The fourth-order valence-corrected chi connectivity index (χ4v) is 3.84. The summed E-state index contributed by atoms with van der Waals surface area (Å²) in [6, 6.07) is 2.77. The van der Waals surface area contributed by atoms with Crippen LogP contribution in [0.2, 0.25) is 0 Å².